The van der Waals surface area contributed by atoms with Crippen LogP contribution in [0.15, 0.2) is 0 Å². The van der Waals surface area contributed by atoms with Crippen LogP contribution in [0.1, 0.15) is 52.9 Å². The van der Waals surface area contributed by atoms with Gasteiger partial charge in [0.15, 0.2) is 0 Å². The van der Waals surface area contributed by atoms with Crippen molar-refractivity contribution in [3.8, 4) is 0 Å². The fourth-order valence-electron chi connectivity index (χ4n) is 2.79. The fraction of sp³-hybridized carbons (Fsp3) is 0.800. The molecular formula is C20H39N5O5S. The summed E-state index contributed by atoms with van der Waals surface area (Å²) in [6.45, 7) is 5.75. The monoisotopic (exact) mass is 461 g/mol. The standard InChI is InChI=1S/C20H39N5O5S/c1-12(2)11-16(20(29)30)25-19(28)15(8-10-31-4)24-17(26)13(3)23-18(27)14(22)7-5-6-9-21/h12-16H,5-11,21-22H2,1-4H3,(H,23,27)(H,24,26)(H,25,28)(H,29,30). The lowest BCUT2D eigenvalue weighted by molar-refractivity contribution is -0.142. The van der Waals surface area contributed by atoms with Crippen molar-refractivity contribution in [3.05, 3.63) is 0 Å². The summed E-state index contributed by atoms with van der Waals surface area (Å²) >= 11 is 1.50. The summed E-state index contributed by atoms with van der Waals surface area (Å²) in [6.07, 6.45) is 4.40. The molecule has 0 bridgehead atoms. The summed E-state index contributed by atoms with van der Waals surface area (Å²) in [5.41, 5.74) is 11.3. The molecule has 11 heteroatoms. The van der Waals surface area contributed by atoms with E-state index in [1.807, 2.05) is 20.1 Å². The third-order valence-corrected chi connectivity index (χ3v) is 5.27. The number of nitrogens with two attached hydrogens (primary N) is 2. The molecule has 0 aliphatic heterocycles. The zero-order valence-electron chi connectivity index (χ0n) is 19.0. The first kappa shape index (κ1) is 29.1. The first-order valence-electron chi connectivity index (χ1n) is 10.6. The van der Waals surface area contributed by atoms with E-state index in [9.17, 15) is 24.3 Å². The van der Waals surface area contributed by atoms with Crippen molar-refractivity contribution in [2.45, 2.75) is 77.0 Å². The summed E-state index contributed by atoms with van der Waals surface area (Å²) in [5, 5.41) is 17.0. The molecule has 0 aromatic rings. The Morgan fingerprint density at radius 1 is 0.903 bits per heavy atom. The van der Waals surface area contributed by atoms with Crippen LogP contribution in [0.4, 0.5) is 0 Å². The minimum Gasteiger partial charge on any atom is -0.480 e. The summed E-state index contributed by atoms with van der Waals surface area (Å²) in [5.74, 6) is -2.02. The largest absolute Gasteiger partial charge is 0.480 e. The molecule has 8 N–H and O–H groups in total. The Bertz CT molecular complexity index is 590. The zero-order chi connectivity index (χ0) is 24.0. The lowest BCUT2D eigenvalue weighted by atomic mass is 10.0. The number of hydrogen-bond donors (Lipinski definition) is 6. The number of carboxylic acids is 1. The molecule has 180 valence electrons. The van der Waals surface area contributed by atoms with Crippen molar-refractivity contribution in [2.24, 2.45) is 17.4 Å². The summed E-state index contributed by atoms with van der Waals surface area (Å²) in [4.78, 5) is 48.8. The molecule has 0 saturated carbocycles. The van der Waals surface area contributed by atoms with Gasteiger partial charge in [0.2, 0.25) is 17.7 Å². The summed E-state index contributed by atoms with van der Waals surface area (Å²) < 4.78 is 0. The van der Waals surface area contributed by atoms with Crippen LogP contribution < -0.4 is 27.4 Å². The number of carbonyl (C=O) groups is 4. The molecule has 4 unspecified atom stereocenters. The van der Waals surface area contributed by atoms with E-state index in [0.29, 0.717) is 31.6 Å². The van der Waals surface area contributed by atoms with Gasteiger partial charge >= 0.3 is 5.97 Å². The number of thioether (sulfide) groups is 1. The normalized spacial score (nSPS) is 14.9. The van der Waals surface area contributed by atoms with Crippen LogP contribution in [0.25, 0.3) is 0 Å². The second-order valence-corrected chi connectivity index (χ2v) is 8.98. The van der Waals surface area contributed by atoms with Gasteiger partial charge in [-0.1, -0.05) is 20.3 Å². The summed E-state index contributed by atoms with van der Waals surface area (Å²) in [6, 6.07) is -3.59. The predicted molar refractivity (Wildman–Crippen MR) is 122 cm³/mol. The number of nitrogens with one attached hydrogen (secondary N) is 3. The van der Waals surface area contributed by atoms with Gasteiger partial charge < -0.3 is 32.5 Å². The number of hydrogen-bond acceptors (Lipinski definition) is 7. The molecule has 0 heterocycles. The third-order valence-electron chi connectivity index (χ3n) is 4.62. The van der Waals surface area contributed by atoms with Gasteiger partial charge in [-0.05, 0) is 57.1 Å². The SMILES string of the molecule is CSCCC(NC(=O)C(C)NC(=O)C(N)CCCCN)C(=O)NC(CC(C)C)C(=O)O. The van der Waals surface area contributed by atoms with E-state index in [1.54, 1.807) is 0 Å². The Morgan fingerprint density at radius 2 is 1.52 bits per heavy atom. The van der Waals surface area contributed by atoms with E-state index in [0.717, 1.165) is 6.42 Å². The van der Waals surface area contributed by atoms with Crippen LogP contribution in [-0.4, -0.2) is 71.5 Å². The van der Waals surface area contributed by atoms with E-state index in [2.05, 4.69) is 16.0 Å². The Kier molecular flexibility index (Phi) is 14.9. The lowest BCUT2D eigenvalue weighted by Gasteiger charge is -2.24. The van der Waals surface area contributed by atoms with E-state index in [4.69, 9.17) is 11.5 Å². The molecule has 0 aromatic heterocycles. The van der Waals surface area contributed by atoms with Crippen LogP contribution in [0, 0.1) is 5.92 Å². The Hall–Kier alpha value is -1.85. The number of carbonyl (C=O) groups excluding carboxylic acids is 3. The molecule has 0 aliphatic rings. The molecule has 0 fully saturated rings. The minimum atomic E-state index is -1.12. The molecule has 0 aromatic carbocycles. The smallest absolute Gasteiger partial charge is 0.326 e. The topological polar surface area (TPSA) is 177 Å². The molecule has 0 radical (unpaired) electrons. The highest BCUT2D eigenvalue weighted by Gasteiger charge is 2.28. The highest BCUT2D eigenvalue weighted by Crippen LogP contribution is 2.07. The second-order valence-electron chi connectivity index (χ2n) is 7.99. The highest BCUT2D eigenvalue weighted by molar-refractivity contribution is 7.98. The van der Waals surface area contributed by atoms with Gasteiger partial charge in [0, 0.05) is 0 Å². The Balaban J connectivity index is 4.96. The molecule has 4 atom stereocenters. The van der Waals surface area contributed by atoms with Gasteiger partial charge in [-0.2, -0.15) is 11.8 Å². The number of rotatable bonds is 16. The molecule has 0 saturated heterocycles. The van der Waals surface area contributed by atoms with Gasteiger partial charge in [-0.25, -0.2) is 4.79 Å². The minimum absolute atomic E-state index is 0.0740. The van der Waals surface area contributed by atoms with E-state index in [1.165, 1.54) is 18.7 Å². The maximum Gasteiger partial charge on any atom is 0.326 e. The Morgan fingerprint density at radius 3 is 2.03 bits per heavy atom. The number of aliphatic carboxylic acids is 1. The van der Waals surface area contributed by atoms with Crippen LogP contribution in [0.2, 0.25) is 0 Å². The van der Waals surface area contributed by atoms with Crippen molar-refractivity contribution >= 4 is 35.5 Å². The van der Waals surface area contributed by atoms with Crippen molar-refractivity contribution in [3.63, 3.8) is 0 Å². The third kappa shape index (κ3) is 12.6. The van der Waals surface area contributed by atoms with E-state index < -0.39 is 47.9 Å². The molecule has 0 spiro atoms. The molecule has 31 heavy (non-hydrogen) atoms. The van der Waals surface area contributed by atoms with Crippen molar-refractivity contribution in [1.82, 2.24) is 16.0 Å². The highest BCUT2D eigenvalue weighted by atomic mass is 32.2. The quantitative estimate of drug-likeness (QED) is 0.171. The van der Waals surface area contributed by atoms with Crippen molar-refractivity contribution < 1.29 is 24.3 Å². The maximum absolute atomic E-state index is 12.7. The molecule has 3 amide bonds. The molecular weight excluding hydrogens is 422 g/mol. The van der Waals surface area contributed by atoms with Gasteiger partial charge in [0.1, 0.15) is 18.1 Å². The van der Waals surface area contributed by atoms with Crippen LogP contribution in [0.5, 0.6) is 0 Å². The van der Waals surface area contributed by atoms with E-state index >= 15 is 0 Å². The van der Waals surface area contributed by atoms with Gasteiger partial charge in [0.05, 0.1) is 6.04 Å². The predicted octanol–water partition coefficient (Wildman–Crippen LogP) is -0.199. The van der Waals surface area contributed by atoms with Gasteiger partial charge in [0.25, 0.3) is 0 Å². The van der Waals surface area contributed by atoms with Gasteiger partial charge in [-0.3, -0.25) is 14.4 Å². The number of amides is 3. The van der Waals surface area contributed by atoms with Crippen LogP contribution in [-0.2, 0) is 19.2 Å². The second kappa shape index (κ2) is 15.9. The van der Waals surface area contributed by atoms with Crippen LogP contribution in [0.3, 0.4) is 0 Å². The number of carboxylic acid groups (broad SMARTS) is 1. The first-order valence-corrected chi connectivity index (χ1v) is 12.0. The summed E-state index contributed by atoms with van der Waals surface area (Å²) in [7, 11) is 0. The molecule has 0 aliphatic carbocycles. The lowest BCUT2D eigenvalue weighted by Crippen LogP contribution is -2.56. The average Bonchev–Trinajstić information content (AvgIpc) is 2.69. The van der Waals surface area contributed by atoms with Gasteiger partial charge in [-0.15, -0.1) is 0 Å². The van der Waals surface area contributed by atoms with Crippen molar-refractivity contribution in [1.29, 1.82) is 0 Å². The molecule has 0 rings (SSSR count). The zero-order valence-corrected chi connectivity index (χ0v) is 19.8. The molecule has 10 nitrogen and oxygen atoms in total. The fourth-order valence-corrected chi connectivity index (χ4v) is 3.26. The van der Waals surface area contributed by atoms with E-state index in [-0.39, 0.29) is 12.3 Å². The van der Waals surface area contributed by atoms with Crippen molar-refractivity contribution in [2.75, 3.05) is 18.6 Å². The van der Waals surface area contributed by atoms with Crippen LogP contribution >= 0.6 is 11.8 Å². The average molecular weight is 462 g/mol. The number of unbranched alkanes of at least 4 members (excludes halogenated alkanes) is 1. The Labute approximate surface area is 189 Å². The maximum atomic E-state index is 12.7. The first-order chi connectivity index (χ1) is 14.5.